The number of carbonyl (C=O) groups excluding carboxylic acids is 1. The Labute approximate surface area is 254 Å². The van der Waals surface area contributed by atoms with Crippen LogP contribution < -0.4 is 0 Å². The molecule has 0 amide bonds. The van der Waals surface area contributed by atoms with E-state index in [-0.39, 0.29) is 17.3 Å². The third kappa shape index (κ3) is 24.1. The predicted molar refractivity (Wildman–Crippen MR) is 179 cm³/mol. The third-order valence-corrected chi connectivity index (χ3v) is 8.75. The van der Waals surface area contributed by atoms with E-state index in [4.69, 9.17) is 4.74 Å². The molecule has 0 N–H and O–H groups in total. The van der Waals surface area contributed by atoms with Crippen molar-refractivity contribution in [3.8, 4) is 0 Å². The van der Waals surface area contributed by atoms with Gasteiger partial charge in [-0.1, -0.05) is 159 Å². The molecule has 0 spiro atoms. The van der Waals surface area contributed by atoms with Gasteiger partial charge in [0, 0.05) is 0 Å². The predicted octanol–water partition coefficient (Wildman–Crippen LogP) is 13.0. The van der Waals surface area contributed by atoms with Crippen LogP contribution in [0.3, 0.4) is 0 Å². The van der Waals surface area contributed by atoms with Crippen LogP contribution in [0.4, 0.5) is 0 Å². The summed E-state index contributed by atoms with van der Waals surface area (Å²) in [6.07, 6.45) is 25.7. The molecule has 0 radical (unpaired) electrons. The SMILES string of the molecule is CCCCCCCCCCC(CCCCCCCC)COC(=O)C(CCC(C)CC(C)(C)C)C(C)CC(C)(C)C. The maximum absolute atomic E-state index is 13.6. The zero-order valence-electron chi connectivity index (χ0n) is 29.5. The highest BCUT2D eigenvalue weighted by Gasteiger charge is 2.31. The second kappa shape index (κ2) is 23.0. The maximum atomic E-state index is 13.6. The first-order valence-corrected chi connectivity index (χ1v) is 18.0. The summed E-state index contributed by atoms with van der Waals surface area (Å²) in [4.78, 5) is 13.6. The van der Waals surface area contributed by atoms with Gasteiger partial charge in [0.1, 0.15) is 0 Å². The van der Waals surface area contributed by atoms with Crippen molar-refractivity contribution in [2.75, 3.05) is 6.61 Å². The summed E-state index contributed by atoms with van der Waals surface area (Å²) in [6, 6.07) is 0. The van der Waals surface area contributed by atoms with E-state index in [1.54, 1.807) is 0 Å². The summed E-state index contributed by atoms with van der Waals surface area (Å²) in [7, 11) is 0. The van der Waals surface area contributed by atoms with Gasteiger partial charge in [0.25, 0.3) is 0 Å². The van der Waals surface area contributed by atoms with Crippen molar-refractivity contribution in [1.29, 1.82) is 0 Å². The molecule has 4 unspecified atom stereocenters. The van der Waals surface area contributed by atoms with Crippen LogP contribution in [0, 0.1) is 34.5 Å². The van der Waals surface area contributed by atoms with Gasteiger partial charge in [0.15, 0.2) is 0 Å². The zero-order chi connectivity index (χ0) is 30.4. The molecular formula is C38H76O2. The summed E-state index contributed by atoms with van der Waals surface area (Å²) in [5.74, 6) is 1.65. The van der Waals surface area contributed by atoms with Crippen molar-refractivity contribution < 1.29 is 9.53 Å². The molecule has 2 nitrogen and oxygen atoms in total. The van der Waals surface area contributed by atoms with E-state index in [1.165, 1.54) is 109 Å². The molecule has 0 rings (SSSR count). The van der Waals surface area contributed by atoms with Gasteiger partial charge < -0.3 is 4.74 Å². The number of carbonyl (C=O) groups is 1. The Morgan fingerprint density at radius 1 is 0.575 bits per heavy atom. The van der Waals surface area contributed by atoms with E-state index in [1.807, 2.05) is 0 Å². The second-order valence-electron chi connectivity index (χ2n) is 16.1. The smallest absolute Gasteiger partial charge is 0.309 e. The molecule has 0 aromatic heterocycles. The Bertz CT molecular complexity index is 581. The fourth-order valence-electron chi connectivity index (χ4n) is 6.75. The van der Waals surface area contributed by atoms with E-state index < -0.39 is 0 Å². The average Bonchev–Trinajstić information content (AvgIpc) is 2.83. The zero-order valence-corrected chi connectivity index (χ0v) is 29.5. The molecule has 40 heavy (non-hydrogen) atoms. The number of esters is 1. The van der Waals surface area contributed by atoms with Gasteiger partial charge >= 0.3 is 5.97 Å². The Morgan fingerprint density at radius 2 is 1.00 bits per heavy atom. The molecule has 0 bridgehead atoms. The number of hydrogen-bond donors (Lipinski definition) is 0. The van der Waals surface area contributed by atoms with Gasteiger partial charge in [-0.15, -0.1) is 0 Å². The van der Waals surface area contributed by atoms with E-state index >= 15 is 0 Å². The molecule has 0 aliphatic rings. The minimum Gasteiger partial charge on any atom is -0.465 e. The minimum atomic E-state index is 0.0273. The van der Waals surface area contributed by atoms with Crippen molar-refractivity contribution >= 4 is 5.97 Å². The van der Waals surface area contributed by atoms with Crippen LogP contribution >= 0.6 is 0 Å². The minimum absolute atomic E-state index is 0.0273. The van der Waals surface area contributed by atoms with Crippen LogP contribution in [-0.2, 0) is 9.53 Å². The van der Waals surface area contributed by atoms with Crippen LogP contribution in [0.25, 0.3) is 0 Å². The van der Waals surface area contributed by atoms with Crippen LogP contribution in [0.1, 0.15) is 198 Å². The van der Waals surface area contributed by atoms with Gasteiger partial charge in [0.2, 0.25) is 0 Å². The topological polar surface area (TPSA) is 26.3 Å². The van der Waals surface area contributed by atoms with Crippen LogP contribution in [0.2, 0.25) is 0 Å². The van der Waals surface area contributed by atoms with Gasteiger partial charge in [0.05, 0.1) is 12.5 Å². The molecule has 0 aliphatic heterocycles. The highest BCUT2D eigenvalue weighted by Crippen LogP contribution is 2.34. The standard InChI is InChI=1S/C38H76O2/c1-11-13-15-17-19-20-22-24-26-34(25-23-21-18-16-14-12-2)31-40-36(39)35(33(4)30-38(8,9)10)28-27-32(3)29-37(5,6)7/h32-35H,11-31H2,1-10H3. The summed E-state index contributed by atoms with van der Waals surface area (Å²) >= 11 is 0. The Kier molecular flexibility index (Phi) is 22.7. The Morgan fingerprint density at radius 3 is 1.43 bits per heavy atom. The lowest BCUT2D eigenvalue weighted by Crippen LogP contribution is -2.29. The normalized spacial score (nSPS) is 15.6. The van der Waals surface area contributed by atoms with Gasteiger partial charge in [-0.3, -0.25) is 4.79 Å². The lowest BCUT2D eigenvalue weighted by molar-refractivity contribution is -0.152. The lowest BCUT2D eigenvalue weighted by Gasteiger charge is -2.30. The van der Waals surface area contributed by atoms with Crippen molar-refractivity contribution in [1.82, 2.24) is 0 Å². The molecule has 4 atom stereocenters. The number of hydrogen-bond acceptors (Lipinski definition) is 2. The van der Waals surface area contributed by atoms with Gasteiger partial charge in [-0.2, -0.15) is 0 Å². The van der Waals surface area contributed by atoms with E-state index in [0.29, 0.717) is 29.8 Å². The number of ether oxygens (including phenoxy) is 1. The van der Waals surface area contributed by atoms with Gasteiger partial charge in [-0.25, -0.2) is 0 Å². The van der Waals surface area contributed by atoms with E-state index in [0.717, 1.165) is 19.3 Å². The molecule has 0 aliphatic carbocycles. The summed E-state index contributed by atoms with van der Waals surface area (Å²) < 4.78 is 6.21. The highest BCUT2D eigenvalue weighted by molar-refractivity contribution is 5.72. The molecule has 0 heterocycles. The lowest BCUT2D eigenvalue weighted by atomic mass is 9.76. The van der Waals surface area contributed by atoms with E-state index in [9.17, 15) is 4.79 Å². The maximum Gasteiger partial charge on any atom is 0.309 e. The molecule has 0 saturated carbocycles. The number of rotatable bonds is 25. The first kappa shape index (κ1) is 39.5. The first-order valence-electron chi connectivity index (χ1n) is 18.0. The van der Waals surface area contributed by atoms with Crippen molar-refractivity contribution in [2.45, 2.75) is 198 Å². The summed E-state index contributed by atoms with van der Waals surface area (Å²) in [6.45, 7) is 23.8. The molecular weight excluding hydrogens is 488 g/mol. The average molecular weight is 565 g/mol. The highest BCUT2D eigenvalue weighted by atomic mass is 16.5. The molecule has 0 aromatic carbocycles. The van der Waals surface area contributed by atoms with Crippen LogP contribution in [-0.4, -0.2) is 12.6 Å². The first-order chi connectivity index (χ1) is 18.8. The molecule has 0 aromatic rings. The molecule has 0 fully saturated rings. The van der Waals surface area contributed by atoms with Gasteiger partial charge in [-0.05, 0) is 67.1 Å². The Hall–Kier alpha value is -0.530. The third-order valence-electron chi connectivity index (χ3n) is 8.75. The Balaban J connectivity index is 5.01. The van der Waals surface area contributed by atoms with Crippen LogP contribution in [0.15, 0.2) is 0 Å². The number of unbranched alkanes of at least 4 members (excludes halogenated alkanes) is 12. The van der Waals surface area contributed by atoms with Crippen molar-refractivity contribution in [3.63, 3.8) is 0 Å². The largest absolute Gasteiger partial charge is 0.465 e. The van der Waals surface area contributed by atoms with Crippen molar-refractivity contribution in [3.05, 3.63) is 0 Å². The molecule has 240 valence electrons. The summed E-state index contributed by atoms with van der Waals surface area (Å²) in [5.41, 5.74) is 0.567. The fourth-order valence-corrected chi connectivity index (χ4v) is 6.75. The second-order valence-corrected chi connectivity index (χ2v) is 16.1. The van der Waals surface area contributed by atoms with E-state index in [2.05, 4.69) is 69.2 Å². The molecule has 2 heteroatoms. The monoisotopic (exact) mass is 565 g/mol. The summed E-state index contributed by atoms with van der Waals surface area (Å²) in [5, 5.41) is 0. The van der Waals surface area contributed by atoms with Crippen LogP contribution in [0.5, 0.6) is 0 Å². The quantitative estimate of drug-likeness (QED) is 0.0814. The fraction of sp³-hybridized carbons (Fsp3) is 0.974. The molecule has 0 saturated heterocycles. The van der Waals surface area contributed by atoms with Crippen molar-refractivity contribution in [2.24, 2.45) is 34.5 Å².